The Kier molecular flexibility index (Phi) is 4.51. The second-order valence-corrected chi connectivity index (χ2v) is 7.18. The van der Waals surface area contributed by atoms with Crippen molar-refractivity contribution in [1.82, 2.24) is 24.6 Å². The van der Waals surface area contributed by atoms with Gasteiger partial charge in [-0.15, -0.1) is 0 Å². The van der Waals surface area contributed by atoms with Crippen LogP contribution in [0.2, 0.25) is 0 Å². The third kappa shape index (κ3) is 3.37. The number of aromatic nitrogens is 4. The van der Waals surface area contributed by atoms with Crippen molar-refractivity contribution in [2.24, 2.45) is 7.05 Å². The molecule has 4 rings (SSSR count). The van der Waals surface area contributed by atoms with Gasteiger partial charge in [0.2, 0.25) is 0 Å². The number of amides is 1. The molecule has 1 unspecified atom stereocenters. The highest BCUT2D eigenvalue weighted by atomic mass is 16.2. The lowest BCUT2D eigenvalue weighted by Gasteiger charge is -2.38. The topological polar surface area (TPSA) is 67.2 Å². The van der Waals surface area contributed by atoms with Crippen molar-refractivity contribution in [3.63, 3.8) is 0 Å². The van der Waals surface area contributed by atoms with Crippen LogP contribution in [0.1, 0.15) is 28.9 Å². The van der Waals surface area contributed by atoms with Gasteiger partial charge in [0.15, 0.2) is 5.82 Å². The third-order valence-corrected chi connectivity index (χ3v) is 5.24. The molecule has 0 N–H and O–H groups in total. The molecule has 1 saturated heterocycles. The summed E-state index contributed by atoms with van der Waals surface area (Å²) in [5, 5.41) is 4.11. The number of aryl methyl sites for hydroxylation is 2. The van der Waals surface area contributed by atoms with Crippen molar-refractivity contribution in [2.45, 2.75) is 25.8 Å². The average molecular weight is 364 g/mol. The number of benzene rings is 1. The lowest BCUT2D eigenvalue weighted by molar-refractivity contribution is 0.0717. The van der Waals surface area contributed by atoms with Gasteiger partial charge in [0.1, 0.15) is 0 Å². The van der Waals surface area contributed by atoms with Crippen LogP contribution >= 0.6 is 0 Å². The number of hydrogen-bond donors (Lipinski definition) is 0. The molecule has 1 atom stereocenters. The molecule has 27 heavy (non-hydrogen) atoms. The van der Waals surface area contributed by atoms with E-state index in [9.17, 15) is 4.79 Å². The molecule has 0 saturated carbocycles. The smallest absolute Gasteiger partial charge is 0.257 e. The van der Waals surface area contributed by atoms with Crippen LogP contribution in [0.3, 0.4) is 0 Å². The highest BCUT2D eigenvalue weighted by Gasteiger charge is 2.28. The van der Waals surface area contributed by atoms with Crippen molar-refractivity contribution in [2.75, 3.05) is 25.0 Å². The fourth-order valence-corrected chi connectivity index (χ4v) is 3.74. The number of hydrogen-bond acceptors (Lipinski definition) is 5. The van der Waals surface area contributed by atoms with E-state index < -0.39 is 0 Å². The lowest BCUT2D eigenvalue weighted by Crippen LogP contribution is -2.49. The average Bonchev–Trinajstić information content (AvgIpc) is 3.12. The summed E-state index contributed by atoms with van der Waals surface area (Å²) >= 11 is 0. The molecular weight excluding hydrogens is 340 g/mol. The molecular formula is C20H24N6O. The Morgan fingerprint density at radius 2 is 1.96 bits per heavy atom. The van der Waals surface area contributed by atoms with Gasteiger partial charge < -0.3 is 9.80 Å². The van der Waals surface area contributed by atoms with Crippen LogP contribution in [0.25, 0.3) is 11.0 Å². The first-order valence-electron chi connectivity index (χ1n) is 9.27. The number of rotatable bonds is 3. The summed E-state index contributed by atoms with van der Waals surface area (Å²) in [7, 11) is 3.70. The fraction of sp³-hybridized carbons (Fsp3) is 0.400. The largest absolute Gasteiger partial charge is 0.353 e. The first-order valence-corrected chi connectivity index (χ1v) is 9.27. The monoisotopic (exact) mass is 364 g/mol. The zero-order chi connectivity index (χ0) is 19.0. The Labute approximate surface area is 158 Å². The van der Waals surface area contributed by atoms with Crippen LogP contribution in [0, 0.1) is 6.92 Å². The minimum Gasteiger partial charge on any atom is -0.353 e. The van der Waals surface area contributed by atoms with Crippen molar-refractivity contribution >= 4 is 22.8 Å². The zero-order valence-corrected chi connectivity index (χ0v) is 16.0. The predicted octanol–water partition coefficient (Wildman–Crippen LogP) is 2.41. The quantitative estimate of drug-likeness (QED) is 0.714. The Morgan fingerprint density at radius 3 is 2.67 bits per heavy atom. The van der Waals surface area contributed by atoms with E-state index in [0.717, 1.165) is 48.5 Å². The maximum atomic E-state index is 12.8. The summed E-state index contributed by atoms with van der Waals surface area (Å²) in [6.45, 7) is 3.69. The summed E-state index contributed by atoms with van der Waals surface area (Å²) in [4.78, 5) is 26.4. The number of nitrogens with zero attached hydrogens (tertiary/aromatic N) is 6. The highest BCUT2D eigenvalue weighted by molar-refractivity contribution is 5.93. The minimum absolute atomic E-state index is 0.0104. The minimum atomic E-state index is 0.0104. The van der Waals surface area contributed by atoms with E-state index in [0.29, 0.717) is 5.56 Å². The second kappa shape index (κ2) is 6.98. The van der Waals surface area contributed by atoms with Crippen LogP contribution in [-0.2, 0) is 7.05 Å². The molecule has 1 fully saturated rings. The molecule has 0 aliphatic carbocycles. The molecule has 0 bridgehead atoms. The van der Waals surface area contributed by atoms with E-state index in [2.05, 4.69) is 10.00 Å². The second-order valence-electron chi connectivity index (χ2n) is 7.18. The third-order valence-electron chi connectivity index (χ3n) is 5.24. The van der Waals surface area contributed by atoms with Gasteiger partial charge in [-0.1, -0.05) is 12.1 Å². The normalized spacial score (nSPS) is 17.3. The lowest BCUT2D eigenvalue weighted by atomic mass is 10.0. The van der Waals surface area contributed by atoms with Crippen LogP contribution in [0.5, 0.6) is 0 Å². The maximum absolute atomic E-state index is 12.8. The summed E-state index contributed by atoms with van der Waals surface area (Å²) in [5.41, 5.74) is 3.37. The first kappa shape index (κ1) is 17.5. The number of para-hydroxylation sites is 2. The van der Waals surface area contributed by atoms with E-state index in [4.69, 9.17) is 9.97 Å². The Hall–Kier alpha value is -2.96. The van der Waals surface area contributed by atoms with Gasteiger partial charge in [0, 0.05) is 39.4 Å². The first-order chi connectivity index (χ1) is 13.0. The van der Waals surface area contributed by atoms with Crippen LogP contribution in [-0.4, -0.2) is 56.7 Å². The molecule has 0 spiro atoms. The molecule has 140 valence electrons. The molecule has 0 radical (unpaired) electrons. The molecule has 1 amide bonds. The molecule has 7 heteroatoms. The highest BCUT2D eigenvalue weighted by Crippen LogP contribution is 2.25. The number of anilines is 1. The van der Waals surface area contributed by atoms with Gasteiger partial charge in [0.05, 0.1) is 28.5 Å². The molecule has 2 aromatic heterocycles. The molecule has 7 nitrogen and oxygen atoms in total. The summed E-state index contributed by atoms with van der Waals surface area (Å²) in [6, 6.07) is 8.07. The SMILES string of the molecule is Cc1nc2ccccc2nc1N1CCCC(N(C)C(=O)c2cnn(C)c2)C1. The Morgan fingerprint density at radius 1 is 1.22 bits per heavy atom. The van der Waals surface area contributed by atoms with Gasteiger partial charge >= 0.3 is 0 Å². The summed E-state index contributed by atoms with van der Waals surface area (Å²) < 4.78 is 1.66. The zero-order valence-electron chi connectivity index (χ0n) is 16.0. The van der Waals surface area contributed by atoms with E-state index in [-0.39, 0.29) is 11.9 Å². The van der Waals surface area contributed by atoms with Crippen LogP contribution < -0.4 is 4.90 Å². The fourth-order valence-electron chi connectivity index (χ4n) is 3.74. The van der Waals surface area contributed by atoms with Gasteiger partial charge in [-0.3, -0.25) is 9.48 Å². The van der Waals surface area contributed by atoms with Crippen molar-refractivity contribution in [3.8, 4) is 0 Å². The number of carbonyl (C=O) groups is 1. The van der Waals surface area contributed by atoms with E-state index in [1.807, 2.05) is 50.2 Å². The summed E-state index contributed by atoms with van der Waals surface area (Å²) in [6.07, 6.45) is 5.39. The number of piperidine rings is 1. The number of likely N-dealkylation sites (N-methyl/N-ethyl adjacent to an activating group) is 1. The number of fused-ring (bicyclic) bond motifs is 1. The van der Waals surface area contributed by atoms with Crippen LogP contribution in [0.15, 0.2) is 36.7 Å². The molecule has 1 aliphatic rings. The van der Waals surface area contributed by atoms with Gasteiger partial charge in [-0.05, 0) is 31.9 Å². The Bertz CT molecular complexity index is 982. The van der Waals surface area contributed by atoms with Crippen molar-refractivity contribution in [3.05, 3.63) is 47.9 Å². The predicted molar refractivity (Wildman–Crippen MR) is 105 cm³/mol. The van der Waals surface area contributed by atoms with E-state index in [1.165, 1.54) is 0 Å². The molecule has 1 aromatic carbocycles. The standard InChI is InChI=1S/C20H24N6O/c1-14-19(23-18-9-5-4-8-17(18)22-14)26-10-6-7-16(13-26)25(3)20(27)15-11-21-24(2)12-15/h4-5,8-9,11-12,16H,6-7,10,13H2,1-3H3. The van der Waals surface area contributed by atoms with Gasteiger partial charge in [-0.2, -0.15) is 5.10 Å². The molecule has 1 aliphatic heterocycles. The maximum Gasteiger partial charge on any atom is 0.257 e. The van der Waals surface area contributed by atoms with Gasteiger partial charge in [-0.25, -0.2) is 9.97 Å². The molecule has 3 aromatic rings. The van der Waals surface area contributed by atoms with E-state index in [1.54, 1.807) is 17.1 Å². The Balaban J connectivity index is 1.56. The van der Waals surface area contributed by atoms with Crippen molar-refractivity contribution < 1.29 is 4.79 Å². The van der Waals surface area contributed by atoms with E-state index >= 15 is 0 Å². The molecule has 3 heterocycles. The summed E-state index contributed by atoms with van der Waals surface area (Å²) in [5.74, 6) is 0.928. The van der Waals surface area contributed by atoms with Gasteiger partial charge in [0.25, 0.3) is 5.91 Å². The van der Waals surface area contributed by atoms with Crippen LogP contribution in [0.4, 0.5) is 5.82 Å². The van der Waals surface area contributed by atoms with Crippen molar-refractivity contribution in [1.29, 1.82) is 0 Å². The number of carbonyl (C=O) groups excluding carboxylic acids is 1.